The molecule has 0 atom stereocenters. The number of aryl methyl sites for hydroxylation is 2. The fourth-order valence-electron chi connectivity index (χ4n) is 1.92. The zero-order valence-electron chi connectivity index (χ0n) is 10.5. The molecule has 0 aliphatic carbocycles. The van der Waals surface area contributed by atoms with Crippen molar-refractivity contribution in [3.05, 3.63) is 57.6 Å². The van der Waals surface area contributed by atoms with Gasteiger partial charge in [0.25, 0.3) is 5.69 Å². The first-order valence-electron chi connectivity index (χ1n) is 5.95. The molecule has 2 rings (SSSR count). The van der Waals surface area contributed by atoms with Crippen molar-refractivity contribution < 1.29 is 20.2 Å². The highest BCUT2D eigenvalue weighted by molar-refractivity contribution is 5.53. The van der Waals surface area contributed by atoms with E-state index >= 15 is 0 Å². The van der Waals surface area contributed by atoms with Crippen LogP contribution in [0.5, 0.6) is 17.2 Å². The minimum atomic E-state index is -0.554. The predicted octanol–water partition coefficient (Wildman–Crippen LogP) is 2.50. The Kier molecular flexibility index (Phi) is 3.74. The van der Waals surface area contributed by atoms with Crippen LogP contribution in [0.4, 0.5) is 5.69 Å². The van der Waals surface area contributed by atoms with E-state index in [1.54, 1.807) is 12.1 Å². The minimum Gasteiger partial charge on any atom is -0.504 e. The van der Waals surface area contributed by atoms with Crippen LogP contribution in [0.1, 0.15) is 11.1 Å². The van der Waals surface area contributed by atoms with Crippen molar-refractivity contribution in [2.75, 3.05) is 0 Å². The molecule has 0 heterocycles. The van der Waals surface area contributed by atoms with Crippen molar-refractivity contribution in [3.8, 4) is 17.2 Å². The lowest BCUT2D eigenvalue weighted by Crippen LogP contribution is -1.94. The van der Waals surface area contributed by atoms with Crippen molar-refractivity contribution >= 4 is 5.69 Å². The number of phenols is 3. The first-order chi connectivity index (χ1) is 9.49. The molecule has 0 unspecified atom stereocenters. The number of non-ortho nitro benzene ring substituents is 1. The molecule has 2 aromatic carbocycles. The van der Waals surface area contributed by atoms with Crippen molar-refractivity contribution in [1.82, 2.24) is 0 Å². The van der Waals surface area contributed by atoms with E-state index in [4.69, 9.17) is 0 Å². The summed E-state index contributed by atoms with van der Waals surface area (Å²) < 4.78 is 0. The number of hydrogen-bond acceptors (Lipinski definition) is 5. The SMILES string of the molecule is O=[N+]([O-])c1cccc(CCc2ccc(O)c(O)c2O)c1. The molecule has 2 aromatic rings. The topological polar surface area (TPSA) is 104 Å². The molecule has 0 saturated carbocycles. The van der Waals surface area contributed by atoms with Gasteiger partial charge in [0.1, 0.15) is 0 Å². The van der Waals surface area contributed by atoms with Gasteiger partial charge in [-0.05, 0) is 30.0 Å². The van der Waals surface area contributed by atoms with Gasteiger partial charge in [-0.2, -0.15) is 0 Å². The Labute approximate surface area is 114 Å². The average molecular weight is 275 g/mol. The van der Waals surface area contributed by atoms with Gasteiger partial charge in [0, 0.05) is 12.1 Å². The molecule has 0 amide bonds. The van der Waals surface area contributed by atoms with Crippen molar-refractivity contribution in [2.45, 2.75) is 12.8 Å². The largest absolute Gasteiger partial charge is 0.504 e. The van der Waals surface area contributed by atoms with Gasteiger partial charge < -0.3 is 15.3 Å². The minimum absolute atomic E-state index is 0.0141. The van der Waals surface area contributed by atoms with Crippen LogP contribution >= 0.6 is 0 Å². The quantitative estimate of drug-likeness (QED) is 0.452. The summed E-state index contributed by atoms with van der Waals surface area (Å²) in [4.78, 5) is 10.2. The van der Waals surface area contributed by atoms with Gasteiger partial charge in [-0.15, -0.1) is 0 Å². The fourth-order valence-corrected chi connectivity index (χ4v) is 1.92. The lowest BCUT2D eigenvalue weighted by molar-refractivity contribution is -0.384. The van der Waals surface area contributed by atoms with Crippen LogP contribution in [0.3, 0.4) is 0 Å². The van der Waals surface area contributed by atoms with E-state index in [1.165, 1.54) is 24.3 Å². The number of hydrogen-bond donors (Lipinski definition) is 3. The molecule has 0 saturated heterocycles. The lowest BCUT2D eigenvalue weighted by Gasteiger charge is -2.07. The third-order valence-corrected chi connectivity index (χ3v) is 3.02. The average Bonchev–Trinajstić information content (AvgIpc) is 2.44. The molecule has 0 radical (unpaired) electrons. The van der Waals surface area contributed by atoms with E-state index in [9.17, 15) is 25.4 Å². The monoisotopic (exact) mass is 275 g/mol. The second kappa shape index (κ2) is 5.48. The number of benzene rings is 2. The molecular weight excluding hydrogens is 262 g/mol. The smallest absolute Gasteiger partial charge is 0.269 e. The molecule has 0 aromatic heterocycles. The van der Waals surface area contributed by atoms with E-state index < -0.39 is 10.7 Å². The summed E-state index contributed by atoms with van der Waals surface area (Å²) in [5, 5.41) is 39.0. The molecule has 0 aliphatic heterocycles. The van der Waals surface area contributed by atoms with Crippen molar-refractivity contribution in [2.24, 2.45) is 0 Å². The van der Waals surface area contributed by atoms with Gasteiger partial charge in [-0.3, -0.25) is 10.1 Å². The molecule has 0 spiro atoms. The number of aromatic hydroxyl groups is 3. The predicted molar refractivity (Wildman–Crippen MR) is 71.9 cm³/mol. The van der Waals surface area contributed by atoms with Crippen LogP contribution in [0.2, 0.25) is 0 Å². The summed E-state index contributed by atoms with van der Waals surface area (Å²) in [6, 6.07) is 9.02. The first-order valence-corrected chi connectivity index (χ1v) is 5.95. The van der Waals surface area contributed by atoms with E-state index in [-0.39, 0.29) is 17.2 Å². The number of nitro groups is 1. The van der Waals surface area contributed by atoms with Gasteiger partial charge >= 0.3 is 0 Å². The molecule has 104 valence electrons. The maximum absolute atomic E-state index is 10.7. The second-order valence-electron chi connectivity index (χ2n) is 4.37. The standard InChI is InChI=1S/C14H13NO5/c16-12-7-6-10(13(17)14(12)18)5-4-9-2-1-3-11(8-9)15(19)20/h1-3,6-8,16-18H,4-5H2. The van der Waals surface area contributed by atoms with E-state index in [0.29, 0.717) is 18.4 Å². The second-order valence-corrected chi connectivity index (χ2v) is 4.37. The summed E-state index contributed by atoms with van der Waals surface area (Å²) in [7, 11) is 0. The maximum atomic E-state index is 10.7. The molecule has 0 bridgehead atoms. The molecular formula is C14H13NO5. The lowest BCUT2D eigenvalue weighted by atomic mass is 10.0. The normalized spacial score (nSPS) is 10.4. The maximum Gasteiger partial charge on any atom is 0.269 e. The molecule has 0 aliphatic rings. The first kappa shape index (κ1) is 13.7. The Morgan fingerprint density at radius 2 is 1.75 bits per heavy atom. The van der Waals surface area contributed by atoms with E-state index in [0.717, 1.165) is 5.56 Å². The summed E-state index contributed by atoms with van der Waals surface area (Å²) >= 11 is 0. The summed E-state index contributed by atoms with van der Waals surface area (Å²) in [6.07, 6.45) is 0.861. The van der Waals surface area contributed by atoms with Gasteiger partial charge in [0.05, 0.1) is 4.92 Å². The van der Waals surface area contributed by atoms with Crippen LogP contribution in [0.25, 0.3) is 0 Å². The molecule has 6 heteroatoms. The number of phenolic OH excluding ortho intramolecular Hbond substituents is 3. The number of nitrogens with zero attached hydrogens (tertiary/aromatic N) is 1. The molecule has 20 heavy (non-hydrogen) atoms. The van der Waals surface area contributed by atoms with Gasteiger partial charge in [-0.25, -0.2) is 0 Å². The fraction of sp³-hybridized carbons (Fsp3) is 0.143. The third-order valence-electron chi connectivity index (χ3n) is 3.02. The number of nitro benzene ring substituents is 1. The Morgan fingerprint density at radius 3 is 2.45 bits per heavy atom. The third kappa shape index (κ3) is 2.80. The molecule has 0 fully saturated rings. The summed E-state index contributed by atoms with van der Waals surface area (Å²) in [5.74, 6) is -1.31. The highest BCUT2D eigenvalue weighted by Crippen LogP contribution is 2.37. The van der Waals surface area contributed by atoms with Crippen molar-refractivity contribution in [3.63, 3.8) is 0 Å². The highest BCUT2D eigenvalue weighted by Gasteiger charge is 2.11. The number of rotatable bonds is 4. The van der Waals surface area contributed by atoms with Crippen LogP contribution < -0.4 is 0 Å². The van der Waals surface area contributed by atoms with Crippen LogP contribution in [0.15, 0.2) is 36.4 Å². The van der Waals surface area contributed by atoms with Crippen LogP contribution in [-0.4, -0.2) is 20.2 Å². The highest BCUT2D eigenvalue weighted by atomic mass is 16.6. The van der Waals surface area contributed by atoms with Gasteiger partial charge in [-0.1, -0.05) is 18.2 Å². The van der Waals surface area contributed by atoms with Crippen LogP contribution in [-0.2, 0) is 12.8 Å². The van der Waals surface area contributed by atoms with E-state index in [1.807, 2.05) is 0 Å². The summed E-state index contributed by atoms with van der Waals surface area (Å²) in [6.45, 7) is 0. The zero-order valence-corrected chi connectivity index (χ0v) is 10.5. The van der Waals surface area contributed by atoms with Crippen molar-refractivity contribution in [1.29, 1.82) is 0 Å². The van der Waals surface area contributed by atoms with Gasteiger partial charge in [0.2, 0.25) is 5.75 Å². The van der Waals surface area contributed by atoms with E-state index in [2.05, 4.69) is 0 Å². The Balaban J connectivity index is 2.15. The molecule has 6 nitrogen and oxygen atoms in total. The summed E-state index contributed by atoms with van der Waals surface area (Å²) in [5.41, 5.74) is 1.23. The Morgan fingerprint density at radius 1 is 1.00 bits per heavy atom. The van der Waals surface area contributed by atoms with Crippen LogP contribution in [0, 0.1) is 10.1 Å². The molecule has 3 N–H and O–H groups in total. The Bertz CT molecular complexity index is 654. The van der Waals surface area contributed by atoms with Gasteiger partial charge in [0.15, 0.2) is 11.5 Å². The Hall–Kier alpha value is -2.76. The zero-order chi connectivity index (χ0) is 14.7.